The molecule has 0 aliphatic rings. The molecule has 1 aromatic carbocycles. The zero-order chi connectivity index (χ0) is 13.8. The second-order valence-corrected chi connectivity index (χ2v) is 5.95. The van der Waals surface area contributed by atoms with Gasteiger partial charge in [-0.05, 0) is 18.1 Å². The van der Waals surface area contributed by atoms with E-state index in [0.717, 1.165) is 18.1 Å². The average Bonchev–Trinajstić information content (AvgIpc) is 2.36. The van der Waals surface area contributed by atoms with Gasteiger partial charge in [-0.2, -0.15) is 0 Å². The maximum atomic E-state index is 11.6. The molecule has 0 amide bonds. The minimum Gasteiger partial charge on any atom is -0.480 e. The number of rotatable bonds is 6. The molecule has 0 saturated heterocycles. The molecule has 0 bridgehead atoms. The molecule has 1 aromatic rings. The molecule has 4 N–H and O–H groups in total. The molecule has 6 nitrogen and oxygen atoms in total. The van der Waals surface area contributed by atoms with Crippen molar-refractivity contribution in [3.8, 4) is 0 Å². The van der Waals surface area contributed by atoms with Gasteiger partial charge in [-0.3, -0.25) is 4.79 Å². The molecule has 100 valence electrons. The molecule has 0 aromatic heterocycles. The Kier molecular flexibility index (Phi) is 4.83. The number of hydrogen-bond acceptors (Lipinski definition) is 4. The number of carboxylic acid groups (broad SMARTS) is 1. The van der Waals surface area contributed by atoms with Crippen molar-refractivity contribution in [2.75, 3.05) is 0 Å². The van der Waals surface area contributed by atoms with Crippen LogP contribution in [0.15, 0.2) is 24.3 Å². The van der Waals surface area contributed by atoms with E-state index in [1.165, 1.54) is 0 Å². The lowest BCUT2D eigenvalue weighted by atomic mass is 10.1. The maximum absolute atomic E-state index is 11.6. The summed E-state index contributed by atoms with van der Waals surface area (Å²) >= 11 is 0. The second-order valence-electron chi connectivity index (χ2n) is 3.87. The number of sulfonamides is 1. The zero-order valence-electron chi connectivity index (χ0n) is 9.96. The Morgan fingerprint density at radius 1 is 1.33 bits per heavy atom. The summed E-state index contributed by atoms with van der Waals surface area (Å²) < 4.78 is 25.4. The van der Waals surface area contributed by atoms with Crippen LogP contribution in [0.4, 0.5) is 0 Å². The van der Waals surface area contributed by atoms with E-state index in [2.05, 4.69) is 4.72 Å². The molecular formula is C11H16N2O4S. The average molecular weight is 272 g/mol. The van der Waals surface area contributed by atoms with Gasteiger partial charge in [0, 0.05) is 13.1 Å². The molecule has 1 atom stereocenters. The highest BCUT2D eigenvalue weighted by Gasteiger charge is 2.26. The first-order valence-electron chi connectivity index (χ1n) is 5.36. The minimum absolute atomic E-state index is 0.0603. The van der Waals surface area contributed by atoms with Crippen LogP contribution in [0, 0.1) is 0 Å². The Morgan fingerprint density at radius 3 is 2.28 bits per heavy atom. The molecule has 0 fully saturated rings. The van der Waals surface area contributed by atoms with E-state index >= 15 is 0 Å². The van der Waals surface area contributed by atoms with Crippen molar-refractivity contribution in [3.63, 3.8) is 0 Å². The summed E-state index contributed by atoms with van der Waals surface area (Å²) in [6.45, 7) is 1.61. The highest BCUT2D eigenvalue weighted by atomic mass is 32.2. The number of hydrogen-bond donors (Lipinski definition) is 3. The van der Waals surface area contributed by atoms with Gasteiger partial charge in [0.05, 0.1) is 0 Å². The molecule has 0 radical (unpaired) electrons. The van der Waals surface area contributed by atoms with Gasteiger partial charge in [0.15, 0.2) is 5.25 Å². The van der Waals surface area contributed by atoms with Crippen molar-refractivity contribution in [3.05, 3.63) is 35.4 Å². The monoisotopic (exact) mass is 272 g/mol. The third kappa shape index (κ3) is 3.80. The molecule has 1 unspecified atom stereocenters. The van der Waals surface area contributed by atoms with Crippen LogP contribution in [0.2, 0.25) is 0 Å². The van der Waals surface area contributed by atoms with E-state index in [0.29, 0.717) is 6.54 Å². The molecule has 0 heterocycles. The molecule has 0 saturated carbocycles. The Bertz CT molecular complexity index is 510. The van der Waals surface area contributed by atoms with Crippen molar-refractivity contribution in [1.82, 2.24) is 4.72 Å². The highest BCUT2D eigenvalue weighted by molar-refractivity contribution is 7.90. The third-order valence-corrected chi connectivity index (χ3v) is 4.23. The Hall–Kier alpha value is -1.44. The van der Waals surface area contributed by atoms with Crippen LogP contribution in [0.3, 0.4) is 0 Å². The van der Waals surface area contributed by atoms with E-state index < -0.39 is 21.2 Å². The number of carbonyl (C=O) groups is 1. The fourth-order valence-electron chi connectivity index (χ4n) is 1.23. The van der Waals surface area contributed by atoms with Crippen molar-refractivity contribution in [1.29, 1.82) is 0 Å². The van der Waals surface area contributed by atoms with E-state index in [4.69, 9.17) is 10.8 Å². The fraction of sp³-hybridized carbons (Fsp3) is 0.364. The van der Waals surface area contributed by atoms with E-state index in [1.807, 2.05) is 0 Å². The van der Waals surface area contributed by atoms with E-state index in [-0.39, 0.29) is 6.54 Å². The summed E-state index contributed by atoms with van der Waals surface area (Å²) in [5.74, 6) is -1.37. The Morgan fingerprint density at radius 2 is 1.83 bits per heavy atom. The third-order valence-electron chi connectivity index (χ3n) is 2.55. The number of aliphatic carboxylic acids is 1. The molecule has 7 heteroatoms. The zero-order valence-corrected chi connectivity index (χ0v) is 10.8. The van der Waals surface area contributed by atoms with Gasteiger partial charge in [0.2, 0.25) is 10.0 Å². The molecule has 0 aliphatic heterocycles. The van der Waals surface area contributed by atoms with Crippen LogP contribution in [0.5, 0.6) is 0 Å². The van der Waals surface area contributed by atoms with Crippen LogP contribution in [0.1, 0.15) is 18.1 Å². The summed E-state index contributed by atoms with van der Waals surface area (Å²) in [4.78, 5) is 10.6. The standard InChI is InChI=1S/C11H16N2O4S/c1-8(11(14)15)18(16,17)13-7-10-4-2-9(6-12)3-5-10/h2-5,8,13H,6-7,12H2,1H3,(H,14,15). The summed E-state index contributed by atoms with van der Waals surface area (Å²) in [5.41, 5.74) is 7.13. The lowest BCUT2D eigenvalue weighted by Gasteiger charge is -2.10. The van der Waals surface area contributed by atoms with E-state index in [1.54, 1.807) is 24.3 Å². The fourth-order valence-corrected chi connectivity index (χ4v) is 2.12. The summed E-state index contributed by atoms with van der Waals surface area (Å²) in [5, 5.41) is 7.18. The Labute approximate surface area is 106 Å². The molecule has 0 spiro atoms. The molecule has 18 heavy (non-hydrogen) atoms. The summed E-state index contributed by atoms with van der Waals surface area (Å²) in [6.07, 6.45) is 0. The predicted octanol–water partition coefficient (Wildman–Crippen LogP) is 0.0378. The first kappa shape index (κ1) is 14.6. The second kappa shape index (κ2) is 5.94. The van der Waals surface area contributed by atoms with Gasteiger partial charge >= 0.3 is 5.97 Å². The van der Waals surface area contributed by atoms with Crippen LogP contribution in [0.25, 0.3) is 0 Å². The van der Waals surface area contributed by atoms with Gasteiger partial charge in [0.1, 0.15) is 0 Å². The lowest BCUT2D eigenvalue weighted by molar-refractivity contribution is -0.136. The first-order chi connectivity index (χ1) is 8.36. The summed E-state index contributed by atoms with van der Waals surface area (Å²) in [6, 6.07) is 7.08. The lowest BCUT2D eigenvalue weighted by Crippen LogP contribution is -2.37. The van der Waals surface area contributed by atoms with Crippen molar-refractivity contribution >= 4 is 16.0 Å². The topological polar surface area (TPSA) is 109 Å². The summed E-state index contributed by atoms with van der Waals surface area (Å²) in [7, 11) is -3.85. The number of carboxylic acids is 1. The largest absolute Gasteiger partial charge is 0.480 e. The number of nitrogens with two attached hydrogens (primary N) is 1. The quantitative estimate of drug-likeness (QED) is 0.677. The van der Waals surface area contributed by atoms with Crippen LogP contribution < -0.4 is 10.5 Å². The van der Waals surface area contributed by atoms with Crippen LogP contribution in [-0.2, 0) is 27.9 Å². The normalized spacial score (nSPS) is 13.2. The number of benzene rings is 1. The predicted molar refractivity (Wildman–Crippen MR) is 67.2 cm³/mol. The smallest absolute Gasteiger partial charge is 0.323 e. The van der Waals surface area contributed by atoms with Gasteiger partial charge in [-0.15, -0.1) is 0 Å². The van der Waals surface area contributed by atoms with Crippen LogP contribution in [-0.4, -0.2) is 24.7 Å². The molecule has 0 aliphatic carbocycles. The Balaban J connectivity index is 2.67. The molecule has 1 rings (SSSR count). The highest BCUT2D eigenvalue weighted by Crippen LogP contribution is 2.05. The van der Waals surface area contributed by atoms with Crippen molar-refractivity contribution in [2.45, 2.75) is 25.3 Å². The van der Waals surface area contributed by atoms with Gasteiger partial charge in [0.25, 0.3) is 0 Å². The van der Waals surface area contributed by atoms with E-state index in [9.17, 15) is 13.2 Å². The van der Waals surface area contributed by atoms with Crippen molar-refractivity contribution in [2.24, 2.45) is 5.73 Å². The number of nitrogens with one attached hydrogen (secondary N) is 1. The van der Waals surface area contributed by atoms with Gasteiger partial charge < -0.3 is 10.8 Å². The SMILES string of the molecule is CC(C(=O)O)S(=O)(=O)NCc1ccc(CN)cc1. The van der Waals surface area contributed by atoms with Gasteiger partial charge in [-0.1, -0.05) is 24.3 Å². The first-order valence-corrected chi connectivity index (χ1v) is 6.90. The van der Waals surface area contributed by atoms with Gasteiger partial charge in [-0.25, -0.2) is 13.1 Å². The maximum Gasteiger partial charge on any atom is 0.323 e. The van der Waals surface area contributed by atoms with Crippen molar-refractivity contribution < 1.29 is 18.3 Å². The van der Waals surface area contributed by atoms with Crippen LogP contribution >= 0.6 is 0 Å². The molecular weight excluding hydrogens is 256 g/mol. The minimum atomic E-state index is -3.85.